The topological polar surface area (TPSA) is 85.9 Å². The van der Waals surface area contributed by atoms with E-state index in [9.17, 15) is 4.21 Å². The third-order valence-electron chi connectivity index (χ3n) is 3.41. The maximum Gasteiger partial charge on any atom is 0.188 e. The molecule has 1 aromatic carbocycles. The average Bonchev–Trinajstić information content (AvgIpc) is 2.53. The molecule has 7 heteroatoms. The van der Waals surface area contributed by atoms with E-state index in [1.165, 1.54) is 0 Å². The van der Waals surface area contributed by atoms with Gasteiger partial charge in [-0.05, 0) is 44.9 Å². The Labute approximate surface area is 147 Å². The van der Waals surface area contributed by atoms with Gasteiger partial charge < -0.3 is 20.5 Å². The van der Waals surface area contributed by atoms with Crippen molar-refractivity contribution in [3.63, 3.8) is 0 Å². The Morgan fingerprint density at radius 1 is 1.25 bits per heavy atom. The molecular formula is C17H29N3O3S. The zero-order chi connectivity index (χ0) is 18.2. The van der Waals surface area contributed by atoms with Crippen LogP contribution < -0.4 is 20.5 Å². The molecule has 0 aromatic heterocycles. The highest BCUT2D eigenvalue weighted by Crippen LogP contribution is 2.27. The number of nitrogens with one attached hydrogen (secondary N) is 1. The highest BCUT2D eigenvalue weighted by Gasteiger charge is 2.18. The molecule has 0 radical (unpaired) electrons. The molecule has 0 saturated carbocycles. The van der Waals surface area contributed by atoms with Gasteiger partial charge in [0.15, 0.2) is 17.5 Å². The molecular weight excluding hydrogens is 326 g/mol. The van der Waals surface area contributed by atoms with Gasteiger partial charge in [-0.15, -0.1) is 0 Å². The lowest BCUT2D eigenvalue weighted by Crippen LogP contribution is -2.34. The number of methoxy groups -OCH3 is 2. The van der Waals surface area contributed by atoms with E-state index in [1.54, 1.807) is 14.2 Å². The summed E-state index contributed by atoms with van der Waals surface area (Å²) in [7, 11) is 2.32. The Hall–Kier alpha value is -1.76. The fraction of sp³-hybridized carbons (Fsp3) is 0.588. The van der Waals surface area contributed by atoms with E-state index >= 15 is 0 Å². The maximum absolute atomic E-state index is 11.9. The second-order valence-corrected chi connectivity index (χ2v) is 8.62. The van der Waals surface area contributed by atoms with Gasteiger partial charge in [0.2, 0.25) is 0 Å². The van der Waals surface area contributed by atoms with Crippen LogP contribution in [0.4, 0.5) is 0 Å². The number of rotatable bonds is 8. The number of hydrogen-bond donors (Lipinski definition) is 2. The van der Waals surface area contributed by atoms with Crippen LogP contribution in [0.1, 0.15) is 26.3 Å². The minimum Gasteiger partial charge on any atom is -0.493 e. The van der Waals surface area contributed by atoms with Crippen molar-refractivity contribution in [1.29, 1.82) is 0 Å². The summed E-state index contributed by atoms with van der Waals surface area (Å²) >= 11 is 0. The first-order valence-corrected chi connectivity index (χ1v) is 9.23. The van der Waals surface area contributed by atoms with Gasteiger partial charge in [-0.3, -0.25) is 9.20 Å². The summed E-state index contributed by atoms with van der Waals surface area (Å²) in [4.78, 5) is 4.22. The van der Waals surface area contributed by atoms with E-state index < -0.39 is 10.8 Å². The van der Waals surface area contributed by atoms with Crippen molar-refractivity contribution in [3.8, 4) is 11.5 Å². The van der Waals surface area contributed by atoms with Crippen LogP contribution >= 0.6 is 0 Å². The molecule has 0 saturated heterocycles. The van der Waals surface area contributed by atoms with Crippen LogP contribution in [0.25, 0.3) is 0 Å². The monoisotopic (exact) mass is 355 g/mol. The Kier molecular flexibility index (Phi) is 8.04. The van der Waals surface area contributed by atoms with Gasteiger partial charge in [0.05, 0.1) is 20.8 Å². The van der Waals surface area contributed by atoms with Gasteiger partial charge >= 0.3 is 0 Å². The van der Waals surface area contributed by atoms with Gasteiger partial charge in [0, 0.05) is 27.8 Å². The summed E-state index contributed by atoms with van der Waals surface area (Å²) in [5.41, 5.74) is 6.94. The van der Waals surface area contributed by atoms with Crippen molar-refractivity contribution in [2.75, 3.05) is 33.1 Å². The van der Waals surface area contributed by atoms with Crippen molar-refractivity contribution < 1.29 is 13.7 Å². The number of nitrogens with zero attached hydrogens (tertiary/aromatic N) is 1. The predicted octanol–water partition coefficient (Wildman–Crippen LogP) is 1.70. The number of benzene rings is 1. The molecule has 1 aromatic rings. The number of guanidine groups is 1. The predicted molar refractivity (Wildman–Crippen MR) is 101 cm³/mol. The lowest BCUT2D eigenvalue weighted by molar-refractivity contribution is 0.354. The number of nitrogens with two attached hydrogens (primary N) is 1. The summed E-state index contributed by atoms with van der Waals surface area (Å²) in [5, 5.41) is 3.07. The molecule has 3 N–H and O–H groups in total. The first-order valence-electron chi connectivity index (χ1n) is 7.91. The summed E-state index contributed by atoms with van der Waals surface area (Å²) in [5.74, 6) is 2.31. The van der Waals surface area contributed by atoms with Gasteiger partial charge in [-0.1, -0.05) is 6.07 Å². The average molecular weight is 356 g/mol. The molecule has 1 atom stereocenters. The van der Waals surface area contributed by atoms with Crippen molar-refractivity contribution in [1.82, 2.24) is 5.32 Å². The lowest BCUT2D eigenvalue weighted by atomic mass is 10.1. The molecule has 0 aliphatic rings. The summed E-state index contributed by atoms with van der Waals surface area (Å²) in [6, 6.07) is 5.82. The summed E-state index contributed by atoms with van der Waals surface area (Å²) in [6.45, 7) is 6.99. The maximum atomic E-state index is 11.9. The van der Waals surface area contributed by atoms with Crippen LogP contribution in [0.2, 0.25) is 0 Å². The second-order valence-electron chi connectivity index (χ2n) is 6.30. The normalized spacial score (nSPS) is 13.5. The van der Waals surface area contributed by atoms with Crippen molar-refractivity contribution in [3.05, 3.63) is 23.8 Å². The van der Waals surface area contributed by atoms with Crippen LogP contribution in [-0.2, 0) is 17.2 Å². The highest BCUT2D eigenvalue weighted by atomic mass is 32.2. The standard InChI is InChI=1S/C17H29N3O3S/c1-17(2,3)24(21)11-10-20-16(18)19-9-8-13-6-7-14(22-4)15(12-13)23-5/h6-7,12H,8-11H2,1-5H3,(H3,18,19,20). The van der Waals surface area contributed by atoms with Crippen molar-refractivity contribution in [2.45, 2.75) is 31.9 Å². The zero-order valence-corrected chi connectivity index (χ0v) is 16.0. The molecule has 24 heavy (non-hydrogen) atoms. The zero-order valence-electron chi connectivity index (χ0n) is 15.2. The van der Waals surface area contributed by atoms with E-state index in [2.05, 4.69) is 10.3 Å². The van der Waals surface area contributed by atoms with Crippen LogP contribution in [0.3, 0.4) is 0 Å². The SMILES string of the molecule is COc1ccc(CCNC(N)=NCCS(=O)C(C)(C)C)cc1OC. The molecule has 0 amide bonds. The van der Waals surface area contributed by atoms with Gasteiger partial charge in [0.25, 0.3) is 0 Å². The van der Waals surface area contributed by atoms with Gasteiger partial charge in [-0.25, -0.2) is 0 Å². The van der Waals surface area contributed by atoms with Gasteiger partial charge in [0.1, 0.15) is 0 Å². The Morgan fingerprint density at radius 3 is 2.50 bits per heavy atom. The third kappa shape index (κ3) is 6.78. The van der Waals surface area contributed by atoms with E-state index in [4.69, 9.17) is 15.2 Å². The highest BCUT2D eigenvalue weighted by molar-refractivity contribution is 7.86. The molecule has 0 heterocycles. The summed E-state index contributed by atoms with van der Waals surface area (Å²) < 4.78 is 22.2. The van der Waals surface area contributed by atoms with Crippen LogP contribution in [0.5, 0.6) is 11.5 Å². The van der Waals surface area contributed by atoms with Crippen molar-refractivity contribution >= 4 is 16.8 Å². The molecule has 1 rings (SSSR count). The van der Waals surface area contributed by atoms with E-state index in [0.717, 1.165) is 12.0 Å². The molecule has 0 aliphatic carbocycles. The minimum atomic E-state index is -0.912. The minimum absolute atomic E-state index is 0.217. The number of hydrogen-bond acceptors (Lipinski definition) is 4. The molecule has 0 spiro atoms. The molecule has 6 nitrogen and oxygen atoms in total. The second kappa shape index (κ2) is 9.52. The first kappa shape index (κ1) is 20.3. The third-order valence-corrected chi connectivity index (χ3v) is 5.33. The fourth-order valence-electron chi connectivity index (χ4n) is 1.98. The smallest absolute Gasteiger partial charge is 0.188 e. The van der Waals surface area contributed by atoms with E-state index in [1.807, 2.05) is 39.0 Å². The molecule has 1 unspecified atom stereocenters. The van der Waals surface area contributed by atoms with Crippen LogP contribution in [0.15, 0.2) is 23.2 Å². The molecule has 0 aliphatic heterocycles. The lowest BCUT2D eigenvalue weighted by Gasteiger charge is -2.16. The quantitative estimate of drug-likeness (QED) is 0.547. The Balaban J connectivity index is 2.41. The van der Waals surface area contributed by atoms with E-state index in [0.29, 0.717) is 36.3 Å². The largest absolute Gasteiger partial charge is 0.493 e. The van der Waals surface area contributed by atoms with Crippen molar-refractivity contribution in [2.24, 2.45) is 10.7 Å². The Bertz CT molecular complexity index is 583. The fourth-order valence-corrected chi connectivity index (χ4v) is 2.85. The van der Waals surface area contributed by atoms with Crippen LogP contribution in [0, 0.1) is 0 Å². The van der Waals surface area contributed by atoms with Crippen LogP contribution in [-0.4, -0.2) is 48.0 Å². The number of aliphatic imine (C=N–C) groups is 1. The van der Waals surface area contributed by atoms with E-state index in [-0.39, 0.29) is 4.75 Å². The molecule has 0 fully saturated rings. The summed E-state index contributed by atoms with van der Waals surface area (Å²) in [6.07, 6.45) is 0.782. The first-order chi connectivity index (χ1) is 11.3. The number of ether oxygens (including phenoxy) is 2. The molecule has 136 valence electrons. The molecule has 0 bridgehead atoms. The van der Waals surface area contributed by atoms with Gasteiger partial charge in [-0.2, -0.15) is 0 Å². The Morgan fingerprint density at radius 2 is 1.92 bits per heavy atom.